The molecule has 0 saturated heterocycles. The highest BCUT2D eigenvalue weighted by Gasteiger charge is 2.08. The molecule has 3 nitrogen and oxygen atoms in total. The van der Waals surface area contributed by atoms with Crippen LogP contribution >= 0.6 is 15.9 Å². The van der Waals surface area contributed by atoms with E-state index in [0.717, 1.165) is 5.56 Å². The second kappa shape index (κ2) is 3.13. The van der Waals surface area contributed by atoms with Gasteiger partial charge in [0.25, 0.3) is 5.56 Å². The monoisotopic (exact) mass is 253 g/mol. The SMILES string of the molecule is Cc1ccc2[nH]c(=O)c(Br)c(O)c2c1. The summed E-state index contributed by atoms with van der Waals surface area (Å²) in [6.07, 6.45) is 0. The van der Waals surface area contributed by atoms with E-state index in [2.05, 4.69) is 20.9 Å². The first-order valence-electron chi connectivity index (χ1n) is 4.10. The van der Waals surface area contributed by atoms with Crippen LogP contribution in [-0.4, -0.2) is 10.1 Å². The van der Waals surface area contributed by atoms with E-state index in [1.54, 1.807) is 6.07 Å². The van der Waals surface area contributed by atoms with Crippen LogP contribution in [-0.2, 0) is 0 Å². The van der Waals surface area contributed by atoms with Gasteiger partial charge >= 0.3 is 0 Å². The van der Waals surface area contributed by atoms with Crippen molar-refractivity contribution in [1.82, 2.24) is 4.98 Å². The molecule has 2 aromatic rings. The number of benzene rings is 1. The summed E-state index contributed by atoms with van der Waals surface area (Å²) in [5, 5.41) is 10.3. The second-order valence-electron chi connectivity index (χ2n) is 3.17. The Morgan fingerprint density at radius 1 is 1.43 bits per heavy atom. The lowest BCUT2D eigenvalue weighted by Crippen LogP contribution is -2.06. The first kappa shape index (κ1) is 9.27. The van der Waals surface area contributed by atoms with Gasteiger partial charge in [-0.15, -0.1) is 0 Å². The molecule has 0 saturated carbocycles. The summed E-state index contributed by atoms with van der Waals surface area (Å²) in [4.78, 5) is 13.9. The van der Waals surface area contributed by atoms with E-state index in [1.807, 2.05) is 19.1 Å². The third-order valence-electron chi connectivity index (χ3n) is 2.09. The topological polar surface area (TPSA) is 53.1 Å². The molecule has 0 unspecified atom stereocenters. The molecule has 2 rings (SSSR count). The summed E-state index contributed by atoms with van der Waals surface area (Å²) in [5.41, 5.74) is 1.35. The molecular formula is C10H8BrNO2. The number of aryl methyl sites for hydroxylation is 1. The lowest BCUT2D eigenvalue weighted by atomic mass is 10.1. The molecule has 0 amide bonds. The van der Waals surface area contributed by atoms with Crippen LogP contribution < -0.4 is 5.56 Å². The molecular weight excluding hydrogens is 246 g/mol. The van der Waals surface area contributed by atoms with E-state index >= 15 is 0 Å². The number of nitrogens with one attached hydrogen (secondary N) is 1. The fraction of sp³-hybridized carbons (Fsp3) is 0.100. The van der Waals surface area contributed by atoms with Crippen LogP contribution in [0.25, 0.3) is 10.9 Å². The molecule has 4 heteroatoms. The standard InChI is InChI=1S/C10H8BrNO2/c1-5-2-3-7-6(4-5)9(13)8(11)10(14)12-7/h2-4H,1H3,(H2,12,13,14). The molecule has 0 aliphatic heterocycles. The first-order chi connectivity index (χ1) is 6.59. The van der Waals surface area contributed by atoms with Crippen LogP contribution in [0.3, 0.4) is 0 Å². The molecule has 14 heavy (non-hydrogen) atoms. The number of halogens is 1. The molecule has 0 aliphatic carbocycles. The van der Waals surface area contributed by atoms with E-state index in [4.69, 9.17) is 0 Å². The van der Waals surface area contributed by atoms with E-state index in [9.17, 15) is 9.90 Å². The van der Waals surface area contributed by atoms with Gasteiger partial charge in [-0.05, 0) is 35.0 Å². The Morgan fingerprint density at radius 3 is 2.86 bits per heavy atom. The van der Waals surface area contributed by atoms with Crippen LogP contribution in [0.1, 0.15) is 5.56 Å². The first-order valence-corrected chi connectivity index (χ1v) is 4.90. The maximum Gasteiger partial charge on any atom is 0.266 e. The summed E-state index contributed by atoms with van der Waals surface area (Å²) in [7, 11) is 0. The Balaban J connectivity index is 2.99. The number of aromatic nitrogens is 1. The molecule has 0 spiro atoms. The van der Waals surface area contributed by atoms with Gasteiger partial charge in [0.1, 0.15) is 10.2 Å². The van der Waals surface area contributed by atoms with Crippen molar-refractivity contribution in [2.24, 2.45) is 0 Å². The normalized spacial score (nSPS) is 10.7. The maximum atomic E-state index is 11.3. The minimum absolute atomic E-state index is 0.00699. The zero-order valence-electron chi connectivity index (χ0n) is 7.47. The van der Waals surface area contributed by atoms with Gasteiger partial charge in [0, 0.05) is 5.39 Å². The van der Waals surface area contributed by atoms with Gasteiger partial charge in [-0.25, -0.2) is 0 Å². The lowest BCUT2D eigenvalue weighted by molar-refractivity contribution is 0.477. The Bertz CT molecular complexity index is 560. The van der Waals surface area contributed by atoms with Crippen molar-refractivity contribution in [1.29, 1.82) is 0 Å². The molecule has 1 aromatic carbocycles. The third kappa shape index (κ3) is 1.32. The summed E-state index contributed by atoms with van der Waals surface area (Å²) >= 11 is 3.03. The van der Waals surface area contributed by atoms with E-state index in [1.165, 1.54) is 0 Å². The Labute approximate surface area is 88.5 Å². The Morgan fingerprint density at radius 2 is 2.14 bits per heavy atom. The number of hydrogen-bond donors (Lipinski definition) is 2. The van der Waals surface area contributed by atoms with Crippen molar-refractivity contribution >= 4 is 26.8 Å². The summed E-state index contributed by atoms with van der Waals surface area (Å²) in [5.74, 6) is -0.00699. The van der Waals surface area contributed by atoms with Crippen molar-refractivity contribution in [3.05, 3.63) is 38.6 Å². The molecule has 1 aromatic heterocycles. The predicted molar refractivity (Wildman–Crippen MR) is 58.7 cm³/mol. The third-order valence-corrected chi connectivity index (χ3v) is 2.82. The number of hydrogen-bond acceptors (Lipinski definition) is 2. The van der Waals surface area contributed by atoms with Gasteiger partial charge in [-0.1, -0.05) is 11.6 Å². The number of aromatic hydroxyl groups is 1. The Kier molecular flexibility index (Phi) is 2.07. The number of pyridine rings is 1. The van der Waals surface area contributed by atoms with Crippen molar-refractivity contribution < 1.29 is 5.11 Å². The quantitative estimate of drug-likeness (QED) is 0.757. The van der Waals surface area contributed by atoms with Crippen molar-refractivity contribution in [3.63, 3.8) is 0 Å². The summed E-state index contributed by atoms with van der Waals surface area (Å²) in [6, 6.07) is 5.48. The largest absolute Gasteiger partial charge is 0.506 e. The van der Waals surface area contributed by atoms with E-state index < -0.39 is 0 Å². The predicted octanol–water partition coefficient (Wildman–Crippen LogP) is 2.30. The summed E-state index contributed by atoms with van der Waals surface area (Å²) < 4.78 is 0.176. The molecule has 2 N–H and O–H groups in total. The fourth-order valence-corrected chi connectivity index (χ4v) is 1.68. The van der Waals surface area contributed by atoms with Crippen molar-refractivity contribution in [2.45, 2.75) is 6.92 Å². The molecule has 0 bridgehead atoms. The molecule has 72 valence electrons. The number of fused-ring (bicyclic) bond motifs is 1. The zero-order valence-corrected chi connectivity index (χ0v) is 9.05. The van der Waals surface area contributed by atoms with E-state index in [-0.39, 0.29) is 15.8 Å². The number of rotatable bonds is 0. The highest BCUT2D eigenvalue weighted by molar-refractivity contribution is 9.10. The van der Waals surface area contributed by atoms with Crippen LogP contribution in [0.5, 0.6) is 5.75 Å². The van der Waals surface area contributed by atoms with Gasteiger partial charge in [0.2, 0.25) is 0 Å². The van der Waals surface area contributed by atoms with Gasteiger partial charge in [-0.2, -0.15) is 0 Å². The minimum Gasteiger partial charge on any atom is -0.506 e. The second-order valence-corrected chi connectivity index (χ2v) is 3.96. The van der Waals surface area contributed by atoms with Crippen LogP contribution in [0.15, 0.2) is 27.5 Å². The number of aromatic amines is 1. The average molecular weight is 254 g/mol. The van der Waals surface area contributed by atoms with E-state index in [0.29, 0.717) is 10.9 Å². The smallest absolute Gasteiger partial charge is 0.266 e. The molecule has 1 heterocycles. The lowest BCUT2D eigenvalue weighted by Gasteiger charge is -2.03. The molecule has 0 atom stereocenters. The highest BCUT2D eigenvalue weighted by Crippen LogP contribution is 2.28. The minimum atomic E-state index is -0.321. The van der Waals surface area contributed by atoms with Crippen molar-refractivity contribution in [3.8, 4) is 5.75 Å². The molecule has 0 aliphatic rings. The molecule has 0 radical (unpaired) electrons. The Hall–Kier alpha value is -1.29. The van der Waals surface area contributed by atoms with Gasteiger partial charge in [0.05, 0.1) is 5.52 Å². The van der Waals surface area contributed by atoms with Crippen LogP contribution in [0, 0.1) is 6.92 Å². The van der Waals surface area contributed by atoms with Crippen molar-refractivity contribution in [2.75, 3.05) is 0 Å². The number of H-pyrrole nitrogens is 1. The maximum absolute atomic E-state index is 11.3. The molecule has 0 fully saturated rings. The van der Waals surface area contributed by atoms with Crippen LogP contribution in [0.2, 0.25) is 0 Å². The summed E-state index contributed by atoms with van der Waals surface area (Å²) in [6.45, 7) is 1.93. The van der Waals surface area contributed by atoms with Gasteiger partial charge < -0.3 is 10.1 Å². The fourth-order valence-electron chi connectivity index (χ4n) is 1.37. The highest BCUT2D eigenvalue weighted by atomic mass is 79.9. The van der Waals surface area contributed by atoms with Gasteiger partial charge in [0.15, 0.2) is 0 Å². The zero-order chi connectivity index (χ0) is 10.3. The van der Waals surface area contributed by atoms with Gasteiger partial charge in [-0.3, -0.25) is 4.79 Å². The average Bonchev–Trinajstić information content (AvgIpc) is 2.16. The van der Waals surface area contributed by atoms with Crippen LogP contribution in [0.4, 0.5) is 0 Å².